The third-order valence-electron chi connectivity index (χ3n) is 3.09. The van der Waals surface area contributed by atoms with Gasteiger partial charge in [-0.05, 0) is 66.2 Å². The first-order chi connectivity index (χ1) is 11.2. The summed E-state index contributed by atoms with van der Waals surface area (Å²) in [6, 6.07) is 10.4. The zero-order valence-corrected chi connectivity index (χ0v) is 14.1. The first-order valence-corrected chi connectivity index (χ1v) is 8.08. The van der Waals surface area contributed by atoms with Crippen molar-refractivity contribution in [3.63, 3.8) is 0 Å². The average Bonchev–Trinajstić information content (AvgIpc) is 2.47. The van der Waals surface area contributed by atoms with Gasteiger partial charge in [-0.25, -0.2) is 4.79 Å². The molecule has 0 bridgehead atoms. The summed E-state index contributed by atoms with van der Waals surface area (Å²) in [4.78, 5) is 11.9. The van der Waals surface area contributed by atoms with Crippen LogP contribution in [-0.4, -0.2) is 11.5 Å². The minimum absolute atomic E-state index is 0.0604. The van der Waals surface area contributed by atoms with Gasteiger partial charge in [0.05, 0.1) is 0 Å². The molecule has 0 aliphatic carbocycles. The van der Waals surface area contributed by atoms with Crippen LogP contribution >= 0.6 is 23.4 Å². The van der Waals surface area contributed by atoms with Gasteiger partial charge in [0.1, 0.15) is 0 Å². The quantitative estimate of drug-likeness (QED) is 0.686. The number of benzene rings is 2. The molecule has 128 valence electrons. The van der Waals surface area contributed by atoms with Crippen LogP contribution in [0.25, 0.3) is 0 Å². The molecule has 0 atom stereocenters. The highest BCUT2D eigenvalue weighted by molar-refractivity contribution is 8.00. The van der Waals surface area contributed by atoms with Crippen molar-refractivity contribution in [3.05, 3.63) is 58.6 Å². The molecule has 0 saturated heterocycles. The Morgan fingerprint density at radius 1 is 1.17 bits per heavy atom. The molecule has 2 rings (SSSR count). The molecule has 2 N–H and O–H groups in total. The van der Waals surface area contributed by atoms with Crippen molar-refractivity contribution in [1.29, 1.82) is 0 Å². The summed E-state index contributed by atoms with van der Waals surface area (Å²) in [5.74, 6) is 0. The fourth-order valence-electron chi connectivity index (χ4n) is 1.95. The molecule has 0 aromatic heterocycles. The highest BCUT2D eigenvalue weighted by atomic mass is 35.5. The molecule has 3 nitrogen and oxygen atoms in total. The van der Waals surface area contributed by atoms with E-state index < -0.39 is 11.5 Å². The largest absolute Gasteiger partial charge is 0.446 e. The maximum atomic E-state index is 12.2. The van der Waals surface area contributed by atoms with Gasteiger partial charge in [-0.2, -0.15) is 13.2 Å². The van der Waals surface area contributed by atoms with Crippen LogP contribution in [0.15, 0.2) is 47.4 Å². The molecule has 2 aromatic carbocycles. The van der Waals surface area contributed by atoms with E-state index in [1.807, 2.05) is 13.0 Å². The van der Waals surface area contributed by atoms with Gasteiger partial charge >= 0.3 is 11.5 Å². The number of amides is 2. The molecule has 2 amide bonds. The molecule has 0 radical (unpaired) electrons. The number of anilines is 1. The molecule has 0 heterocycles. The van der Waals surface area contributed by atoms with Gasteiger partial charge in [-0.15, -0.1) is 0 Å². The lowest BCUT2D eigenvalue weighted by Crippen LogP contribution is -2.28. The minimum atomic E-state index is -4.33. The van der Waals surface area contributed by atoms with Crippen molar-refractivity contribution in [3.8, 4) is 0 Å². The third kappa shape index (κ3) is 5.98. The van der Waals surface area contributed by atoms with Gasteiger partial charge in [0.15, 0.2) is 0 Å². The highest BCUT2D eigenvalue weighted by Crippen LogP contribution is 2.37. The molecule has 2 aromatic rings. The number of nitrogens with one attached hydrogen (secondary N) is 2. The predicted octanol–water partition coefficient (Wildman–Crippen LogP) is 5.58. The molecule has 0 saturated carbocycles. The van der Waals surface area contributed by atoms with Gasteiger partial charge in [-0.1, -0.05) is 17.7 Å². The van der Waals surface area contributed by atoms with E-state index in [4.69, 9.17) is 11.6 Å². The number of hydrogen-bond acceptors (Lipinski definition) is 2. The molecule has 0 aliphatic rings. The predicted molar refractivity (Wildman–Crippen MR) is 90.4 cm³/mol. The number of alkyl halides is 3. The lowest BCUT2D eigenvalue weighted by atomic mass is 10.1. The van der Waals surface area contributed by atoms with E-state index in [1.165, 1.54) is 24.3 Å². The van der Waals surface area contributed by atoms with Gasteiger partial charge in [-0.3, -0.25) is 0 Å². The summed E-state index contributed by atoms with van der Waals surface area (Å²) in [6.45, 7) is 2.20. The van der Waals surface area contributed by atoms with Gasteiger partial charge in [0.25, 0.3) is 0 Å². The van der Waals surface area contributed by atoms with E-state index in [2.05, 4.69) is 10.6 Å². The van der Waals surface area contributed by atoms with Crippen LogP contribution in [0.3, 0.4) is 0 Å². The summed E-state index contributed by atoms with van der Waals surface area (Å²) in [5, 5.41) is 5.87. The van der Waals surface area contributed by atoms with Crippen LogP contribution in [0.2, 0.25) is 5.02 Å². The molecular weight excluding hydrogens is 361 g/mol. The zero-order valence-electron chi connectivity index (χ0n) is 12.6. The Morgan fingerprint density at radius 2 is 1.83 bits per heavy atom. The minimum Gasteiger partial charge on any atom is -0.334 e. The molecular formula is C16H14ClF3N2OS. The number of aryl methyl sites for hydroxylation is 1. The Morgan fingerprint density at radius 3 is 2.42 bits per heavy atom. The van der Waals surface area contributed by atoms with Crippen molar-refractivity contribution in [2.24, 2.45) is 0 Å². The SMILES string of the molecule is Cc1cc(Cl)ccc1CNC(=O)Nc1ccc(SC(F)(F)F)cc1. The van der Waals surface area contributed by atoms with E-state index in [0.29, 0.717) is 17.3 Å². The summed E-state index contributed by atoms with van der Waals surface area (Å²) >= 11 is 5.67. The first-order valence-electron chi connectivity index (χ1n) is 6.88. The van der Waals surface area contributed by atoms with Gasteiger partial charge < -0.3 is 10.6 Å². The van der Waals surface area contributed by atoms with E-state index in [1.54, 1.807) is 12.1 Å². The number of rotatable bonds is 4. The molecule has 24 heavy (non-hydrogen) atoms. The fraction of sp³-hybridized carbons (Fsp3) is 0.188. The summed E-state index contributed by atoms with van der Waals surface area (Å²) in [7, 11) is 0. The highest BCUT2D eigenvalue weighted by Gasteiger charge is 2.29. The van der Waals surface area contributed by atoms with Gasteiger partial charge in [0.2, 0.25) is 0 Å². The monoisotopic (exact) mass is 374 g/mol. The zero-order chi connectivity index (χ0) is 17.7. The van der Waals surface area contributed by atoms with Gasteiger partial charge in [0, 0.05) is 22.2 Å². The standard InChI is InChI=1S/C16H14ClF3N2OS/c1-10-8-12(17)3-2-11(10)9-21-15(23)22-13-4-6-14(7-5-13)24-16(18,19)20/h2-8H,9H2,1H3,(H2,21,22,23). The molecule has 0 aliphatic heterocycles. The summed E-state index contributed by atoms with van der Waals surface area (Å²) in [5.41, 5.74) is -2.04. The normalized spacial score (nSPS) is 11.2. The number of thioether (sulfide) groups is 1. The molecule has 0 fully saturated rings. The van der Waals surface area contributed by atoms with Crippen LogP contribution in [0.4, 0.5) is 23.7 Å². The van der Waals surface area contributed by atoms with E-state index in [0.717, 1.165) is 11.1 Å². The summed E-state index contributed by atoms with van der Waals surface area (Å²) < 4.78 is 36.7. The van der Waals surface area contributed by atoms with Crippen molar-refractivity contribution in [2.75, 3.05) is 5.32 Å². The number of carbonyl (C=O) groups excluding carboxylic acids is 1. The topological polar surface area (TPSA) is 41.1 Å². The van der Waals surface area contributed by atoms with Crippen LogP contribution in [0.1, 0.15) is 11.1 Å². The summed E-state index contributed by atoms with van der Waals surface area (Å²) in [6.07, 6.45) is 0. The first kappa shape index (κ1) is 18.5. The maximum absolute atomic E-state index is 12.2. The van der Waals surface area contributed by atoms with Crippen LogP contribution in [-0.2, 0) is 6.54 Å². The number of carbonyl (C=O) groups is 1. The molecule has 0 unspecified atom stereocenters. The van der Waals surface area contributed by atoms with E-state index in [9.17, 15) is 18.0 Å². The third-order valence-corrected chi connectivity index (χ3v) is 4.06. The fourth-order valence-corrected chi connectivity index (χ4v) is 2.71. The number of hydrogen-bond donors (Lipinski definition) is 2. The number of halogens is 4. The van der Waals surface area contributed by atoms with Crippen LogP contribution < -0.4 is 10.6 Å². The average molecular weight is 375 g/mol. The van der Waals surface area contributed by atoms with Crippen molar-refractivity contribution in [1.82, 2.24) is 5.32 Å². The molecule has 0 spiro atoms. The second-order valence-corrected chi connectivity index (χ2v) is 6.53. The van der Waals surface area contributed by atoms with Crippen LogP contribution in [0, 0.1) is 6.92 Å². The second-order valence-electron chi connectivity index (χ2n) is 4.95. The number of urea groups is 1. The maximum Gasteiger partial charge on any atom is 0.446 e. The van der Waals surface area contributed by atoms with Crippen LogP contribution in [0.5, 0.6) is 0 Å². The Kier molecular flexibility index (Phi) is 6.01. The lowest BCUT2D eigenvalue weighted by molar-refractivity contribution is -0.0328. The molecule has 8 heteroatoms. The van der Waals surface area contributed by atoms with E-state index >= 15 is 0 Å². The Hall–Kier alpha value is -1.86. The van der Waals surface area contributed by atoms with E-state index in [-0.39, 0.29) is 16.7 Å². The smallest absolute Gasteiger partial charge is 0.334 e. The van der Waals surface area contributed by atoms with Crippen molar-refractivity contribution < 1.29 is 18.0 Å². The Labute approximate surface area is 146 Å². The Bertz CT molecular complexity index is 720. The Balaban J connectivity index is 1.88. The lowest BCUT2D eigenvalue weighted by Gasteiger charge is -2.10. The van der Waals surface area contributed by atoms with Crippen molar-refractivity contribution in [2.45, 2.75) is 23.9 Å². The second kappa shape index (κ2) is 7.81. The van der Waals surface area contributed by atoms with Crippen molar-refractivity contribution >= 4 is 35.1 Å².